The second kappa shape index (κ2) is 13.8. The Hall–Kier alpha value is -1.35. The SMILES string of the molecule is CC(C)(C)c1ccc2c(c1)Cc1c-2ccc(C(C)(C)C)[c]1[Zr+2](=[C](c1ccc(Br)cc1)c1ccc(Br)cc1)[CH]1C=CC=C1.[Cl-].[Cl-]. The van der Waals surface area contributed by atoms with E-state index in [-0.39, 0.29) is 35.6 Å². The summed E-state index contributed by atoms with van der Waals surface area (Å²) in [6.45, 7) is 14.2. The van der Waals surface area contributed by atoms with Gasteiger partial charge in [-0.2, -0.15) is 0 Å². The van der Waals surface area contributed by atoms with E-state index in [0.29, 0.717) is 3.63 Å². The normalized spacial score (nSPS) is 13.4. The van der Waals surface area contributed by atoms with Gasteiger partial charge in [0.1, 0.15) is 0 Å². The minimum Gasteiger partial charge on any atom is -1.00 e. The molecule has 0 N–H and O–H groups in total. The van der Waals surface area contributed by atoms with Crippen molar-refractivity contribution >= 4 is 38.3 Å². The van der Waals surface area contributed by atoms with Crippen LogP contribution in [-0.2, 0) is 38.5 Å². The van der Waals surface area contributed by atoms with Crippen LogP contribution in [0.5, 0.6) is 0 Å². The predicted molar refractivity (Wildman–Crippen MR) is 185 cm³/mol. The van der Waals surface area contributed by atoms with E-state index in [4.69, 9.17) is 0 Å². The molecule has 0 fully saturated rings. The average Bonchev–Trinajstić information content (AvgIpc) is 3.59. The van der Waals surface area contributed by atoms with Crippen LogP contribution in [-0.4, -0.2) is 3.21 Å². The van der Waals surface area contributed by atoms with Crippen molar-refractivity contribution in [1.29, 1.82) is 0 Å². The summed E-state index contributed by atoms with van der Waals surface area (Å²) < 4.78 is 5.96. The monoisotopic (exact) mass is 824 g/mol. The summed E-state index contributed by atoms with van der Waals surface area (Å²) in [6.07, 6.45) is 10.5. The van der Waals surface area contributed by atoms with E-state index in [2.05, 4.69) is 177 Å². The maximum Gasteiger partial charge on any atom is -1.00 e. The van der Waals surface area contributed by atoms with Gasteiger partial charge in [-0.1, -0.05) is 0 Å². The molecule has 0 nitrogen and oxygen atoms in total. The maximum absolute atomic E-state index is 3.70. The van der Waals surface area contributed by atoms with Crippen LogP contribution in [0.3, 0.4) is 0 Å². The summed E-state index contributed by atoms with van der Waals surface area (Å²) in [5.74, 6) is 0. The van der Waals surface area contributed by atoms with E-state index < -0.39 is 21.3 Å². The number of fused-ring (bicyclic) bond motifs is 3. The first-order chi connectivity index (χ1) is 19.9. The van der Waals surface area contributed by atoms with Crippen molar-refractivity contribution in [2.24, 2.45) is 0 Å². The molecule has 4 aromatic rings. The molecule has 0 radical (unpaired) electrons. The quantitative estimate of drug-likeness (QED) is 0.244. The molecule has 0 saturated heterocycles. The summed E-state index contributed by atoms with van der Waals surface area (Å²) in [5, 5.41) is 0. The van der Waals surface area contributed by atoms with E-state index in [0.717, 1.165) is 15.4 Å². The van der Waals surface area contributed by atoms with Gasteiger partial charge in [-0.25, -0.2) is 0 Å². The molecular weight excluding hydrogens is 790 g/mol. The van der Waals surface area contributed by atoms with Gasteiger partial charge in [0, 0.05) is 0 Å². The van der Waals surface area contributed by atoms with Crippen molar-refractivity contribution in [3.8, 4) is 11.1 Å². The zero-order valence-electron chi connectivity index (χ0n) is 26.1. The molecule has 5 heteroatoms. The molecule has 4 aromatic carbocycles. The van der Waals surface area contributed by atoms with Crippen molar-refractivity contribution in [3.63, 3.8) is 0 Å². The Morgan fingerprint density at radius 2 is 1.18 bits per heavy atom. The van der Waals surface area contributed by atoms with Gasteiger partial charge in [0.2, 0.25) is 0 Å². The van der Waals surface area contributed by atoms with Crippen LogP contribution < -0.4 is 28.1 Å². The zero-order valence-corrected chi connectivity index (χ0v) is 33.3. The Morgan fingerprint density at radius 3 is 1.68 bits per heavy atom. The topological polar surface area (TPSA) is 0 Å². The molecular formula is C39H38Br2Cl2Zr. The van der Waals surface area contributed by atoms with Crippen LogP contribution in [0.25, 0.3) is 11.1 Å². The van der Waals surface area contributed by atoms with E-state index in [9.17, 15) is 0 Å². The predicted octanol–water partition coefficient (Wildman–Crippen LogP) is 4.81. The third-order valence-electron chi connectivity index (χ3n) is 8.64. The first kappa shape index (κ1) is 35.5. The largest absolute Gasteiger partial charge is 1.00 e. The molecule has 0 spiro atoms. The molecule has 0 heterocycles. The van der Waals surface area contributed by atoms with Crippen molar-refractivity contribution in [2.45, 2.75) is 62.4 Å². The summed E-state index contributed by atoms with van der Waals surface area (Å²) in [4.78, 5) is 0. The Balaban J connectivity index is 0.00000221. The van der Waals surface area contributed by atoms with Crippen molar-refractivity contribution in [2.75, 3.05) is 0 Å². The van der Waals surface area contributed by atoms with E-state index in [1.165, 1.54) is 38.9 Å². The number of hydrogen-bond donors (Lipinski definition) is 0. The van der Waals surface area contributed by atoms with Crippen LogP contribution in [0, 0.1) is 0 Å². The van der Waals surface area contributed by atoms with Crippen LogP contribution in [0.2, 0.25) is 3.63 Å². The van der Waals surface area contributed by atoms with Gasteiger partial charge in [0.25, 0.3) is 0 Å². The molecule has 226 valence electrons. The van der Waals surface area contributed by atoms with E-state index in [1.807, 2.05) is 0 Å². The number of hydrogen-bond acceptors (Lipinski definition) is 0. The second-order valence-electron chi connectivity index (χ2n) is 13.7. The number of rotatable bonds is 4. The molecule has 0 bridgehead atoms. The maximum atomic E-state index is 3.70. The van der Waals surface area contributed by atoms with E-state index >= 15 is 0 Å². The van der Waals surface area contributed by atoms with Crippen molar-refractivity contribution < 1.29 is 46.1 Å². The Kier molecular flexibility index (Phi) is 11.1. The van der Waals surface area contributed by atoms with Gasteiger partial charge < -0.3 is 24.8 Å². The Labute approximate surface area is 300 Å². The summed E-state index contributed by atoms with van der Waals surface area (Å²) in [7, 11) is 0. The fourth-order valence-corrected chi connectivity index (χ4v) is 16.3. The van der Waals surface area contributed by atoms with Crippen molar-refractivity contribution in [3.05, 3.63) is 145 Å². The molecule has 6 rings (SSSR count). The molecule has 0 saturated carbocycles. The molecule has 2 aliphatic carbocycles. The average molecular weight is 829 g/mol. The van der Waals surface area contributed by atoms with Gasteiger partial charge in [-0.3, -0.25) is 0 Å². The number of benzene rings is 4. The minimum atomic E-state index is -2.75. The van der Waals surface area contributed by atoms with Crippen LogP contribution in [0.15, 0.2) is 112 Å². The van der Waals surface area contributed by atoms with Gasteiger partial charge in [-0.05, 0) is 0 Å². The molecule has 0 aromatic heterocycles. The Bertz CT molecular complexity index is 1710. The van der Waals surface area contributed by atoms with Crippen LogP contribution in [0.1, 0.15) is 74.9 Å². The van der Waals surface area contributed by atoms with Gasteiger partial charge in [0.05, 0.1) is 0 Å². The van der Waals surface area contributed by atoms with Crippen LogP contribution >= 0.6 is 31.9 Å². The smallest absolute Gasteiger partial charge is 1.00 e. The fraction of sp³-hybridized carbons (Fsp3) is 0.256. The molecule has 0 unspecified atom stereocenters. The molecule has 0 amide bonds. The third-order valence-corrected chi connectivity index (χ3v) is 17.7. The Morgan fingerprint density at radius 1 is 0.659 bits per heavy atom. The van der Waals surface area contributed by atoms with E-state index in [1.54, 1.807) is 12.0 Å². The molecule has 0 atom stereocenters. The van der Waals surface area contributed by atoms with Gasteiger partial charge in [-0.15, -0.1) is 0 Å². The number of halogens is 4. The summed E-state index contributed by atoms with van der Waals surface area (Å²) in [6, 6.07) is 30.3. The molecule has 44 heavy (non-hydrogen) atoms. The standard InChI is InChI=1S/C21H25.C13H8Br2.C5H5.2ClH.Zr/c1-20(2,3)16-7-9-18-14(12-16)11-15-13-17(21(4,5)6)8-10-19(15)18;14-12-5-1-10(2-6-12)9-11-3-7-13(15)8-4-11;1-2-4-5-3-1;;;/h7-10,12H,11H2,1-6H3;1-8H;1-5H;2*1H;/q;;;;;+2/p-2. The first-order valence-electron chi connectivity index (χ1n) is 14.8. The first-order valence-corrected chi connectivity index (χ1v) is 20.3. The second-order valence-corrected chi connectivity index (χ2v) is 21.6. The van der Waals surface area contributed by atoms with Gasteiger partial charge >= 0.3 is 279 Å². The molecule has 2 aliphatic rings. The summed E-state index contributed by atoms with van der Waals surface area (Å²) in [5.41, 5.74) is 11.8. The summed E-state index contributed by atoms with van der Waals surface area (Å²) >= 11 is 4.66. The van der Waals surface area contributed by atoms with Crippen molar-refractivity contribution in [1.82, 2.24) is 0 Å². The minimum absolute atomic E-state index is 0. The zero-order chi connectivity index (χ0) is 29.8. The molecule has 0 aliphatic heterocycles. The van der Waals surface area contributed by atoms with Crippen LogP contribution in [0.4, 0.5) is 0 Å². The van der Waals surface area contributed by atoms with Gasteiger partial charge in [0.15, 0.2) is 0 Å². The fourth-order valence-electron chi connectivity index (χ4n) is 6.47. The number of allylic oxidation sites excluding steroid dienone is 4. The third kappa shape index (κ3) is 6.99.